The molecule has 1 heterocycles. The molecule has 2 N–H and O–H groups in total. The van der Waals surface area contributed by atoms with Crippen LogP contribution in [0.25, 0.3) is 0 Å². The highest BCUT2D eigenvalue weighted by Gasteiger charge is 2.35. The number of rotatable bonds is 3. The normalized spacial score (nSPS) is 14.4. The van der Waals surface area contributed by atoms with Crippen molar-refractivity contribution >= 4 is 17.7 Å². The van der Waals surface area contributed by atoms with E-state index in [1.807, 2.05) is 6.07 Å². The fourth-order valence-corrected chi connectivity index (χ4v) is 1.80. The standard InChI is InChI=1S/C13H13N3O3/c14-6-5-9-1-3-11(4-2-9)15-13(19)16-7-10(8-16)12(17)18/h1-4,10H,5,7-8H2,(H,15,19)(H,17,18). The Morgan fingerprint density at radius 1 is 1.37 bits per heavy atom. The van der Waals surface area contributed by atoms with Crippen molar-refractivity contribution in [1.29, 1.82) is 5.26 Å². The van der Waals surface area contributed by atoms with Crippen molar-refractivity contribution in [2.45, 2.75) is 6.42 Å². The first-order valence-electron chi connectivity index (χ1n) is 5.85. The van der Waals surface area contributed by atoms with Crippen molar-refractivity contribution in [2.75, 3.05) is 18.4 Å². The third-order valence-electron chi connectivity index (χ3n) is 3.01. The van der Waals surface area contributed by atoms with Gasteiger partial charge in [-0.3, -0.25) is 4.79 Å². The number of hydrogen-bond acceptors (Lipinski definition) is 3. The number of hydrogen-bond donors (Lipinski definition) is 2. The van der Waals surface area contributed by atoms with E-state index < -0.39 is 11.9 Å². The van der Waals surface area contributed by atoms with E-state index >= 15 is 0 Å². The molecule has 2 rings (SSSR count). The number of nitrogens with one attached hydrogen (secondary N) is 1. The molecule has 1 aromatic carbocycles. The molecule has 1 aliphatic heterocycles. The Hall–Kier alpha value is -2.55. The maximum Gasteiger partial charge on any atom is 0.321 e. The number of carboxylic acids is 1. The number of carbonyl (C=O) groups excluding carboxylic acids is 1. The van der Waals surface area contributed by atoms with Crippen molar-refractivity contribution < 1.29 is 14.7 Å². The second-order valence-electron chi connectivity index (χ2n) is 4.40. The SMILES string of the molecule is N#CCc1ccc(NC(=O)N2CC(C(=O)O)C2)cc1. The zero-order valence-electron chi connectivity index (χ0n) is 10.2. The lowest BCUT2D eigenvalue weighted by Crippen LogP contribution is -2.54. The first-order valence-corrected chi connectivity index (χ1v) is 5.85. The Labute approximate surface area is 110 Å². The minimum absolute atomic E-state index is 0.244. The van der Waals surface area contributed by atoms with Gasteiger partial charge < -0.3 is 15.3 Å². The van der Waals surface area contributed by atoms with E-state index in [0.29, 0.717) is 12.1 Å². The van der Waals surface area contributed by atoms with E-state index in [9.17, 15) is 9.59 Å². The van der Waals surface area contributed by atoms with Gasteiger partial charge in [0.2, 0.25) is 0 Å². The maximum absolute atomic E-state index is 11.7. The van der Waals surface area contributed by atoms with E-state index in [0.717, 1.165) is 5.56 Å². The predicted octanol–water partition coefficient (Wildman–Crippen LogP) is 1.30. The van der Waals surface area contributed by atoms with Crippen LogP contribution in [0.5, 0.6) is 0 Å². The zero-order valence-corrected chi connectivity index (χ0v) is 10.2. The molecular weight excluding hydrogens is 246 g/mol. The first-order chi connectivity index (χ1) is 9.10. The Kier molecular flexibility index (Phi) is 3.66. The van der Waals surface area contributed by atoms with Crippen LogP contribution in [-0.4, -0.2) is 35.1 Å². The molecule has 0 spiro atoms. The molecule has 19 heavy (non-hydrogen) atoms. The molecule has 1 aromatic rings. The third-order valence-corrected chi connectivity index (χ3v) is 3.01. The van der Waals surface area contributed by atoms with Crippen LogP contribution in [0.3, 0.4) is 0 Å². The van der Waals surface area contributed by atoms with Gasteiger partial charge in [0.25, 0.3) is 0 Å². The lowest BCUT2D eigenvalue weighted by Gasteiger charge is -2.36. The molecule has 0 atom stereocenters. The van der Waals surface area contributed by atoms with Crippen molar-refractivity contribution in [1.82, 2.24) is 4.90 Å². The highest BCUT2D eigenvalue weighted by Crippen LogP contribution is 2.18. The van der Waals surface area contributed by atoms with Crippen molar-refractivity contribution in [3.8, 4) is 6.07 Å². The van der Waals surface area contributed by atoms with E-state index in [1.165, 1.54) is 4.90 Å². The molecule has 6 nitrogen and oxygen atoms in total. The van der Waals surface area contributed by atoms with Crippen molar-refractivity contribution in [2.24, 2.45) is 5.92 Å². The molecule has 6 heteroatoms. The highest BCUT2D eigenvalue weighted by molar-refractivity contribution is 5.91. The summed E-state index contributed by atoms with van der Waals surface area (Å²) in [6, 6.07) is 8.73. The monoisotopic (exact) mass is 259 g/mol. The molecule has 0 unspecified atom stereocenters. The second kappa shape index (κ2) is 5.40. The van der Waals surface area contributed by atoms with Gasteiger partial charge in [0.1, 0.15) is 0 Å². The summed E-state index contributed by atoms with van der Waals surface area (Å²) in [5, 5.41) is 19.9. The van der Waals surface area contributed by atoms with E-state index in [-0.39, 0.29) is 19.1 Å². The summed E-state index contributed by atoms with van der Waals surface area (Å²) in [5.41, 5.74) is 1.51. The fraction of sp³-hybridized carbons (Fsp3) is 0.308. The lowest BCUT2D eigenvalue weighted by atomic mass is 10.0. The number of carbonyl (C=O) groups is 2. The summed E-state index contributed by atoms with van der Waals surface area (Å²) in [4.78, 5) is 23.8. The average Bonchev–Trinajstić information content (AvgIpc) is 2.29. The van der Waals surface area contributed by atoms with Gasteiger partial charge in [-0.15, -0.1) is 0 Å². The zero-order chi connectivity index (χ0) is 13.8. The number of nitriles is 1. The summed E-state index contributed by atoms with van der Waals surface area (Å²) in [6.45, 7) is 0.487. The van der Waals surface area contributed by atoms with Gasteiger partial charge in [0, 0.05) is 18.8 Å². The number of benzene rings is 1. The van der Waals surface area contributed by atoms with E-state index in [4.69, 9.17) is 10.4 Å². The van der Waals surface area contributed by atoms with E-state index in [1.54, 1.807) is 24.3 Å². The molecule has 0 radical (unpaired) electrons. The topological polar surface area (TPSA) is 93.4 Å². The summed E-state index contributed by atoms with van der Waals surface area (Å²) >= 11 is 0. The second-order valence-corrected chi connectivity index (χ2v) is 4.40. The molecule has 98 valence electrons. The summed E-state index contributed by atoms with van der Waals surface area (Å²) in [5.74, 6) is -1.33. The van der Waals surface area contributed by atoms with Crippen molar-refractivity contribution in [3.63, 3.8) is 0 Å². The molecule has 1 fully saturated rings. The minimum atomic E-state index is -0.870. The van der Waals surface area contributed by atoms with Crippen LogP contribution in [-0.2, 0) is 11.2 Å². The van der Waals surface area contributed by atoms with Crippen LogP contribution < -0.4 is 5.32 Å². The van der Waals surface area contributed by atoms with Gasteiger partial charge in [-0.2, -0.15) is 5.26 Å². The van der Waals surface area contributed by atoms with Crippen LogP contribution in [0.15, 0.2) is 24.3 Å². The van der Waals surface area contributed by atoms with Crippen LogP contribution in [0.2, 0.25) is 0 Å². The minimum Gasteiger partial charge on any atom is -0.481 e. The van der Waals surface area contributed by atoms with Gasteiger partial charge in [-0.05, 0) is 17.7 Å². The van der Waals surface area contributed by atoms with Crippen LogP contribution in [0.4, 0.5) is 10.5 Å². The Balaban J connectivity index is 1.86. The van der Waals surface area contributed by atoms with Gasteiger partial charge in [-0.1, -0.05) is 12.1 Å². The Morgan fingerprint density at radius 2 is 2.00 bits per heavy atom. The number of carboxylic acid groups (broad SMARTS) is 1. The average molecular weight is 259 g/mol. The predicted molar refractivity (Wildman–Crippen MR) is 67.5 cm³/mol. The number of nitrogens with zero attached hydrogens (tertiary/aromatic N) is 2. The number of amides is 2. The smallest absolute Gasteiger partial charge is 0.321 e. The van der Waals surface area contributed by atoms with Gasteiger partial charge in [-0.25, -0.2) is 4.79 Å². The van der Waals surface area contributed by atoms with Gasteiger partial charge >= 0.3 is 12.0 Å². The molecule has 0 bridgehead atoms. The molecule has 0 saturated carbocycles. The largest absolute Gasteiger partial charge is 0.481 e. The summed E-state index contributed by atoms with van der Waals surface area (Å²) < 4.78 is 0. The Morgan fingerprint density at radius 3 is 2.53 bits per heavy atom. The molecule has 0 aliphatic carbocycles. The van der Waals surface area contributed by atoms with Crippen LogP contribution in [0, 0.1) is 17.2 Å². The molecule has 1 saturated heterocycles. The molecular formula is C13H13N3O3. The third kappa shape index (κ3) is 3.01. The summed E-state index contributed by atoms with van der Waals surface area (Å²) in [6.07, 6.45) is 0.334. The quantitative estimate of drug-likeness (QED) is 0.855. The highest BCUT2D eigenvalue weighted by atomic mass is 16.4. The van der Waals surface area contributed by atoms with Gasteiger partial charge in [0.05, 0.1) is 18.4 Å². The molecule has 1 aliphatic rings. The first kappa shape index (κ1) is 12.9. The summed E-state index contributed by atoms with van der Waals surface area (Å²) in [7, 11) is 0. The number of urea groups is 1. The fourth-order valence-electron chi connectivity index (χ4n) is 1.80. The van der Waals surface area contributed by atoms with Gasteiger partial charge in [0.15, 0.2) is 0 Å². The van der Waals surface area contributed by atoms with Crippen LogP contribution in [0.1, 0.15) is 5.56 Å². The maximum atomic E-state index is 11.7. The number of likely N-dealkylation sites (tertiary alicyclic amines) is 1. The van der Waals surface area contributed by atoms with E-state index in [2.05, 4.69) is 5.32 Å². The molecule has 0 aromatic heterocycles. The Bertz CT molecular complexity index is 527. The lowest BCUT2D eigenvalue weighted by molar-refractivity contribution is -0.145. The molecule has 2 amide bonds. The number of anilines is 1. The van der Waals surface area contributed by atoms with Crippen molar-refractivity contribution in [3.05, 3.63) is 29.8 Å². The van der Waals surface area contributed by atoms with Crippen LogP contribution >= 0.6 is 0 Å². The number of aliphatic carboxylic acids is 1.